The van der Waals surface area contributed by atoms with Crippen LogP contribution in [0.4, 0.5) is 11.4 Å². The fraction of sp³-hybridized carbons (Fsp3) is 0.312. The summed E-state index contributed by atoms with van der Waals surface area (Å²) in [7, 11) is 0. The summed E-state index contributed by atoms with van der Waals surface area (Å²) in [6, 6.07) is 13.9. The summed E-state index contributed by atoms with van der Waals surface area (Å²) >= 11 is 0. The van der Waals surface area contributed by atoms with Gasteiger partial charge in [-0.3, -0.25) is 4.98 Å². The number of morpholine rings is 1. The van der Waals surface area contributed by atoms with Crippen LogP contribution in [0.5, 0.6) is 0 Å². The third-order valence-electron chi connectivity index (χ3n) is 3.37. The molecular formula is C16H18N4O. The number of pyridine rings is 1. The summed E-state index contributed by atoms with van der Waals surface area (Å²) < 4.78 is 5.40. The summed E-state index contributed by atoms with van der Waals surface area (Å²) in [5.74, 6) is 0. The van der Waals surface area contributed by atoms with Gasteiger partial charge in [-0.05, 0) is 24.3 Å². The van der Waals surface area contributed by atoms with Gasteiger partial charge >= 0.3 is 0 Å². The Labute approximate surface area is 124 Å². The molecule has 1 fully saturated rings. The van der Waals surface area contributed by atoms with E-state index in [0.717, 1.165) is 43.4 Å². The standard InChI is InChI=1S/C16H18N4O/c1-2-7-16(20-9-11-21-12-10-20)15(6-1)19-18-13-14-5-3-4-8-17-14/h1-8H,9-13H2. The Bertz CT molecular complexity index is 594. The van der Waals surface area contributed by atoms with Crippen LogP contribution in [0.25, 0.3) is 0 Å². The first-order valence-corrected chi connectivity index (χ1v) is 7.12. The molecule has 0 N–H and O–H groups in total. The molecule has 5 heteroatoms. The third-order valence-corrected chi connectivity index (χ3v) is 3.37. The van der Waals surface area contributed by atoms with Crippen molar-refractivity contribution in [2.75, 3.05) is 31.2 Å². The van der Waals surface area contributed by atoms with Crippen LogP contribution >= 0.6 is 0 Å². The summed E-state index contributed by atoms with van der Waals surface area (Å²) in [5, 5.41) is 8.65. The second-order valence-corrected chi connectivity index (χ2v) is 4.81. The summed E-state index contributed by atoms with van der Waals surface area (Å²) in [6.07, 6.45) is 1.77. The van der Waals surface area contributed by atoms with Crippen molar-refractivity contribution in [1.29, 1.82) is 0 Å². The molecule has 1 aliphatic rings. The van der Waals surface area contributed by atoms with Crippen LogP contribution in [0.1, 0.15) is 5.69 Å². The van der Waals surface area contributed by atoms with Crippen molar-refractivity contribution in [2.45, 2.75) is 6.54 Å². The van der Waals surface area contributed by atoms with Crippen molar-refractivity contribution in [1.82, 2.24) is 4.98 Å². The SMILES string of the molecule is c1ccc(CN=Nc2ccccc2N2CCOCC2)nc1. The van der Waals surface area contributed by atoms with E-state index in [-0.39, 0.29) is 0 Å². The number of anilines is 1. The maximum absolute atomic E-state index is 5.40. The quantitative estimate of drug-likeness (QED) is 0.809. The molecule has 1 aromatic carbocycles. The molecule has 0 bridgehead atoms. The molecule has 0 unspecified atom stereocenters. The highest BCUT2D eigenvalue weighted by Crippen LogP contribution is 2.29. The molecule has 1 saturated heterocycles. The first-order valence-electron chi connectivity index (χ1n) is 7.12. The molecule has 2 aromatic rings. The normalized spacial score (nSPS) is 15.5. The van der Waals surface area contributed by atoms with Gasteiger partial charge in [0.05, 0.1) is 24.6 Å². The van der Waals surface area contributed by atoms with E-state index in [1.807, 2.05) is 36.4 Å². The molecule has 21 heavy (non-hydrogen) atoms. The number of benzene rings is 1. The predicted octanol–water partition coefficient (Wildman–Crippen LogP) is 3.20. The van der Waals surface area contributed by atoms with Gasteiger partial charge in [0, 0.05) is 19.3 Å². The summed E-state index contributed by atoms with van der Waals surface area (Å²) in [6.45, 7) is 3.82. The molecule has 1 aromatic heterocycles. The Morgan fingerprint density at radius 2 is 1.86 bits per heavy atom. The van der Waals surface area contributed by atoms with Crippen LogP contribution in [-0.2, 0) is 11.3 Å². The van der Waals surface area contributed by atoms with Crippen molar-refractivity contribution in [3.63, 3.8) is 0 Å². The molecule has 0 amide bonds. The van der Waals surface area contributed by atoms with Gasteiger partial charge in [0.15, 0.2) is 0 Å². The highest BCUT2D eigenvalue weighted by atomic mass is 16.5. The van der Waals surface area contributed by atoms with Crippen molar-refractivity contribution in [3.05, 3.63) is 54.4 Å². The highest BCUT2D eigenvalue weighted by molar-refractivity contribution is 5.66. The van der Waals surface area contributed by atoms with Gasteiger partial charge in [-0.25, -0.2) is 0 Å². The van der Waals surface area contributed by atoms with Crippen LogP contribution in [0.2, 0.25) is 0 Å². The van der Waals surface area contributed by atoms with E-state index < -0.39 is 0 Å². The first kappa shape index (κ1) is 13.7. The van der Waals surface area contributed by atoms with Crippen LogP contribution < -0.4 is 4.90 Å². The molecule has 0 atom stereocenters. The predicted molar refractivity (Wildman–Crippen MR) is 81.9 cm³/mol. The number of para-hydroxylation sites is 1. The zero-order valence-electron chi connectivity index (χ0n) is 11.9. The summed E-state index contributed by atoms with van der Waals surface area (Å²) in [4.78, 5) is 6.53. The van der Waals surface area contributed by atoms with Crippen molar-refractivity contribution >= 4 is 11.4 Å². The van der Waals surface area contributed by atoms with Gasteiger partial charge in [0.1, 0.15) is 12.2 Å². The van der Waals surface area contributed by atoms with Crippen LogP contribution in [0.3, 0.4) is 0 Å². The maximum atomic E-state index is 5.40. The van der Waals surface area contributed by atoms with E-state index in [4.69, 9.17) is 4.74 Å². The zero-order chi connectivity index (χ0) is 14.3. The Balaban J connectivity index is 1.72. The number of ether oxygens (including phenoxy) is 1. The van der Waals surface area contributed by atoms with Gasteiger partial charge in [0.2, 0.25) is 0 Å². The largest absolute Gasteiger partial charge is 0.378 e. The molecule has 2 heterocycles. The molecule has 1 aliphatic heterocycles. The number of rotatable bonds is 4. The van der Waals surface area contributed by atoms with E-state index in [1.165, 1.54) is 0 Å². The first-order chi connectivity index (χ1) is 10.4. The lowest BCUT2D eigenvalue weighted by atomic mass is 10.2. The fourth-order valence-corrected chi connectivity index (χ4v) is 2.30. The number of hydrogen-bond donors (Lipinski definition) is 0. The minimum atomic E-state index is 0.498. The van der Waals surface area contributed by atoms with Crippen molar-refractivity contribution < 1.29 is 4.74 Å². The second-order valence-electron chi connectivity index (χ2n) is 4.81. The van der Waals surface area contributed by atoms with Gasteiger partial charge in [-0.1, -0.05) is 18.2 Å². The van der Waals surface area contributed by atoms with E-state index in [1.54, 1.807) is 6.20 Å². The number of aromatic nitrogens is 1. The lowest BCUT2D eigenvalue weighted by Crippen LogP contribution is -2.36. The minimum Gasteiger partial charge on any atom is -0.378 e. The van der Waals surface area contributed by atoms with E-state index in [2.05, 4.69) is 26.2 Å². The Morgan fingerprint density at radius 3 is 2.67 bits per heavy atom. The van der Waals surface area contributed by atoms with Gasteiger partial charge in [0.25, 0.3) is 0 Å². The lowest BCUT2D eigenvalue weighted by Gasteiger charge is -2.29. The maximum Gasteiger partial charge on any atom is 0.109 e. The van der Waals surface area contributed by atoms with Crippen LogP contribution in [0.15, 0.2) is 58.9 Å². The Kier molecular flexibility index (Phi) is 4.53. The third kappa shape index (κ3) is 3.64. The zero-order valence-corrected chi connectivity index (χ0v) is 11.9. The van der Waals surface area contributed by atoms with Crippen molar-refractivity contribution in [2.24, 2.45) is 10.2 Å². The smallest absolute Gasteiger partial charge is 0.109 e. The average molecular weight is 282 g/mol. The molecule has 0 spiro atoms. The molecule has 0 radical (unpaired) electrons. The minimum absolute atomic E-state index is 0.498. The Morgan fingerprint density at radius 1 is 1.05 bits per heavy atom. The van der Waals surface area contributed by atoms with Crippen LogP contribution in [-0.4, -0.2) is 31.3 Å². The highest BCUT2D eigenvalue weighted by Gasteiger charge is 2.14. The lowest BCUT2D eigenvalue weighted by molar-refractivity contribution is 0.123. The van der Waals surface area contributed by atoms with E-state index in [0.29, 0.717) is 6.54 Å². The monoisotopic (exact) mass is 282 g/mol. The van der Waals surface area contributed by atoms with Crippen LogP contribution in [0, 0.1) is 0 Å². The molecule has 5 nitrogen and oxygen atoms in total. The topological polar surface area (TPSA) is 50.1 Å². The summed E-state index contributed by atoms with van der Waals surface area (Å²) in [5.41, 5.74) is 2.94. The molecule has 108 valence electrons. The molecular weight excluding hydrogens is 264 g/mol. The second kappa shape index (κ2) is 6.95. The number of hydrogen-bond acceptors (Lipinski definition) is 5. The number of nitrogens with zero attached hydrogens (tertiary/aromatic N) is 4. The molecule has 0 saturated carbocycles. The van der Waals surface area contributed by atoms with E-state index in [9.17, 15) is 0 Å². The van der Waals surface area contributed by atoms with E-state index >= 15 is 0 Å². The Hall–Kier alpha value is -2.27. The average Bonchev–Trinajstić information content (AvgIpc) is 2.57. The molecule has 0 aliphatic carbocycles. The van der Waals surface area contributed by atoms with Gasteiger partial charge in [-0.15, -0.1) is 0 Å². The molecule has 3 rings (SSSR count). The fourth-order valence-electron chi connectivity index (χ4n) is 2.30. The van der Waals surface area contributed by atoms with Gasteiger partial charge < -0.3 is 9.64 Å². The van der Waals surface area contributed by atoms with Crippen molar-refractivity contribution in [3.8, 4) is 0 Å². The van der Waals surface area contributed by atoms with Gasteiger partial charge in [-0.2, -0.15) is 10.2 Å². The number of azo groups is 1.